The van der Waals surface area contributed by atoms with Crippen LogP contribution in [-0.4, -0.2) is 12.4 Å². The first-order valence-electron chi connectivity index (χ1n) is 7.36. The van der Waals surface area contributed by atoms with Crippen molar-refractivity contribution >= 4 is 6.29 Å². The van der Waals surface area contributed by atoms with E-state index in [1.807, 2.05) is 13.0 Å². The molecule has 0 aliphatic carbocycles. The summed E-state index contributed by atoms with van der Waals surface area (Å²) < 4.78 is 5.87. The largest absolute Gasteiger partial charge is 0.483 e. The predicted octanol–water partition coefficient (Wildman–Crippen LogP) is 4.64. The normalized spacial score (nSPS) is 13.9. The zero-order valence-electron chi connectivity index (χ0n) is 13.9. The van der Waals surface area contributed by atoms with Crippen LogP contribution in [0.2, 0.25) is 0 Å². The first-order valence-corrected chi connectivity index (χ1v) is 7.36. The van der Waals surface area contributed by atoms with E-state index in [2.05, 4.69) is 53.7 Å². The van der Waals surface area contributed by atoms with Crippen molar-refractivity contribution in [3.63, 3.8) is 0 Å². The summed E-state index contributed by atoms with van der Waals surface area (Å²) in [5.41, 5.74) is 2.53. The van der Waals surface area contributed by atoms with Crippen LogP contribution in [0.5, 0.6) is 5.75 Å². The van der Waals surface area contributed by atoms with Crippen molar-refractivity contribution in [1.29, 1.82) is 0 Å². The molecule has 112 valence electrons. The van der Waals surface area contributed by atoms with Gasteiger partial charge in [0.05, 0.1) is 0 Å². The number of rotatable bonds is 4. The Morgan fingerprint density at radius 1 is 1.10 bits per heavy atom. The number of aldehydes is 1. The lowest BCUT2D eigenvalue weighted by Gasteiger charge is -2.28. The lowest BCUT2D eigenvalue weighted by Crippen LogP contribution is -2.22. The van der Waals surface area contributed by atoms with E-state index in [1.54, 1.807) is 0 Å². The van der Waals surface area contributed by atoms with Gasteiger partial charge in [-0.2, -0.15) is 0 Å². The van der Waals surface area contributed by atoms with Crippen LogP contribution in [0.4, 0.5) is 0 Å². The molecule has 0 fully saturated rings. The summed E-state index contributed by atoms with van der Waals surface area (Å²) in [5, 5.41) is 0. The second kappa shape index (κ2) is 5.99. The molecule has 2 nitrogen and oxygen atoms in total. The molecule has 1 unspecified atom stereocenters. The van der Waals surface area contributed by atoms with Gasteiger partial charge in [0.1, 0.15) is 5.75 Å². The van der Waals surface area contributed by atoms with Gasteiger partial charge in [0.2, 0.25) is 0 Å². The molecule has 0 saturated carbocycles. The Bertz CT molecular complexity index is 461. The Balaban J connectivity index is 3.28. The highest BCUT2D eigenvalue weighted by Gasteiger charge is 2.24. The molecule has 1 aromatic rings. The van der Waals surface area contributed by atoms with E-state index in [0.29, 0.717) is 6.42 Å². The highest BCUT2D eigenvalue weighted by atomic mass is 16.5. The molecule has 0 N–H and O–H groups in total. The SMILES string of the molecule is CCC(C=O)Oc1ccc(C(C)(C)C)cc1C(C)(C)C. The van der Waals surface area contributed by atoms with Gasteiger partial charge in [-0.3, -0.25) is 4.79 Å². The summed E-state index contributed by atoms with van der Waals surface area (Å²) in [7, 11) is 0. The molecule has 0 radical (unpaired) electrons. The van der Waals surface area contributed by atoms with Crippen LogP contribution < -0.4 is 4.74 Å². The molecular formula is C18H28O2. The molecule has 2 heteroatoms. The molecule has 0 amide bonds. The molecule has 1 rings (SSSR count). The smallest absolute Gasteiger partial charge is 0.160 e. The molecule has 0 spiro atoms. The van der Waals surface area contributed by atoms with Crippen LogP contribution in [0.3, 0.4) is 0 Å². The molecule has 0 aromatic heterocycles. The van der Waals surface area contributed by atoms with Crippen LogP contribution in [0, 0.1) is 0 Å². The van der Waals surface area contributed by atoms with Gasteiger partial charge in [-0.25, -0.2) is 0 Å². The van der Waals surface area contributed by atoms with Gasteiger partial charge >= 0.3 is 0 Å². The summed E-state index contributed by atoms with van der Waals surface area (Å²) >= 11 is 0. The van der Waals surface area contributed by atoms with Crippen molar-refractivity contribution < 1.29 is 9.53 Å². The number of benzene rings is 1. The standard InChI is InChI=1S/C18H28O2/c1-8-14(12-19)20-16-10-9-13(17(2,3)4)11-15(16)18(5,6)7/h9-12,14H,8H2,1-7H3. The Labute approximate surface area is 123 Å². The third kappa shape index (κ3) is 4.09. The second-order valence-corrected chi connectivity index (χ2v) is 7.41. The Morgan fingerprint density at radius 2 is 1.70 bits per heavy atom. The highest BCUT2D eigenvalue weighted by molar-refractivity contribution is 5.57. The van der Waals surface area contributed by atoms with Crippen molar-refractivity contribution in [3.8, 4) is 5.75 Å². The van der Waals surface area contributed by atoms with Gasteiger partial charge < -0.3 is 4.74 Å². The minimum absolute atomic E-state index is 0.0161. The molecular weight excluding hydrogens is 248 g/mol. The first-order chi connectivity index (χ1) is 9.09. The Kier molecular flexibility index (Phi) is 5.01. The number of hydrogen-bond acceptors (Lipinski definition) is 2. The van der Waals surface area contributed by atoms with Crippen LogP contribution >= 0.6 is 0 Å². The van der Waals surface area contributed by atoms with Crippen molar-refractivity contribution in [2.24, 2.45) is 0 Å². The summed E-state index contributed by atoms with van der Waals surface area (Å²) in [6.07, 6.45) is 1.20. The molecule has 0 aliphatic heterocycles. The van der Waals surface area contributed by atoms with Gasteiger partial charge in [0.15, 0.2) is 12.4 Å². The lowest BCUT2D eigenvalue weighted by molar-refractivity contribution is -0.113. The predicted molar refractivity (Wildman–Crippen MR) is 84.6 cm³/mol. The highest BCUT2D eigenvalue weighted by Crippen LogP contribution is 2.35. The minimum atomic E-state index is -0.364. The maximum Gasteiger partial charge on any atom is 0.160 e. The quantitative estimate of drug-likeness (QED) is 0.749. The molecule has 0 aliphatic rings. The van der Waals surface area contributed by atoms with Crippen LogP contribution in [0.1, 0.15) is 66.0 Å². The van der Waals surface area contributed by atoms with Crippen molar-refractivity contribution in [3.05, 3.63) is 29.3 Å². The fraction of sp³-hybridized carbons (Fsp3) is 0.611. The van der Waals surface area contributed by atoms with Crippen molar-refractivity contribution in [2.75, 3.05) is 0 Å². The van der Waals surface area contributed by atoms with E-state index in [0.717, 1.165) is 17.6 Å². The molecule has 0 heterocycles. The maximum atomic E-state index is 11.0. The third-order valence-electron chi connectivity index (χ3n) is 3.49. The molecule has 0 saturated heterocycles. The molecule has 0 bridgehead atoms. The maximum absolute atomic E-state index is 11.0. The Morgan fingerprint density at radius 3 is 2.10 bits per heavy atom. The van der Waals surface area contributed by atoms with Crippen molar-refractivity contribution in [2.45, 2.75) is 71.8 Å². The average molecular weight is 276 g/mol. The van der Waals surface area contributed by atoms with E-state index in [1.165, 1.54) is 5.56 Å². The van der Waals surface area contributed by atoms with Gasteiger partial charge in [0, 0.05) is 0 Å². The van der Waals surface area contributed by atoms with E-state index >= 15 is 0 Å². The van der Waals surface area contributed by atoms with E-state index in [4.69, 9.17) is 4.74 Å². The van der Waals surface area contributed by atoms with E-state index < -0.39 is 0 Å². The number of carbonyl (C=O) groups is 1. The van der Waals surface area contributed by atoms with Gasteiger partial charge in [0.25, 0.3) is 0 Å². The van der Waals surface area contributed by atoms with Gasteiger partial charge in [-0.1, -0.05) is 60.6 Å². The Hall–Kier alpha value is -1.31. The fourth-order valence-corrected chi connectivity index (χ4v) is 2.06. The second-order valence-electron chi connectivity index (χ2n) is 7.41. The van der Waals surface area contributed by atoms with Gasteiger partial charge in [-0.05, 0) is 34.4 Å². The zero-order valence-corrected chi connectivity index (χ0v) is 13.9. The van der Waals surface area contributed by atoms with Crippen molar-refractivity contribution in [1.82, 2.24) is 0 Å². The van der Waals surface area contributed by atoms with Crippen LogP contribution in [-0.2, 0) is 15.6 Å². The van der Waals surface area contributed by atoms with E-state index in [-0.39, 0.29) is 16.9 Å². The molecule has 1 atom stereocenters. The number of hydrogen-bond donors (Lipinski definition) is 0. The number of ether oxygens (including phenoxy) is 1. The van der Waals surface area contributed by atoms with E-state index in [9.17, 15) is 4.79 Å². The minimum Gasteiger partial charge on any atom is -0.483 e. The number of carbonyl (C=O) groups excluding carboxylic acids is 1. The third-order valence-corrected chi connectivity index (χ3v) is 3.49. The summed E-state index contributed by atoms with van der Waals surface area (Å²) in [6, 6.07) is 6.32. The monoisotopic (exact) mass is 276 g/mol. The molecule has 1 aromatic carbocycles. The summed E-state index contributed by atoms with van der Waals surface area (Å²) in [6.45, 7) is 15.1. The summed E-state index contributed by atoms with van der Waals surface area (Å²) in [5.74, 6) is 0.824. The summed E-state index contributed by atoms with van der Waals surface area (Å²) in [4.78, 5) is 11.0. The fourth-order valence-electron chi connectivity index (χ4n) is 2.06. The topological polar surface area (TPSA) is 26.3 Å². The van der Waals surface area contributed by atoms with Crippen LogP contribution in [0.25, 0.3) is 0 Å². The average Bonchev–Trinajstić information content (AvgIpc) is 2.33. The lowest BCUT2D eigenvalue weighted by atomic mass is 9.80. The molecule has 20 heavy (non-hydrogen) atoms. The first kappa shape index (κ1) is 16.7. The zero-order chi connectivity index (χ0) is 15.6. The van der Waals surface area contributed by atoms with Gasteiger partial charge in [-0.15, -0.1) is 0 Å². The van der Waals surface area contributed by atoms with Crippen LogP contribution in [0.15, 0.2) is 18.2 Å².